The monoisotopic (exact) mass is 343 g/mol. The lowest BCUT2D eigenvalue weighted by Gasteiger charge is -2.16. The van der Waals surface area contributed by atoms with E-state index in [-0.39, 0.29) is 5.69 Å². The third-order valence-corrected chi connectivity index (χ3v) is 3.30. The first-order valence-electron chi connectivity index (χ1n) is 6.66. The molecular formula is C16H13ClF3NO2. The van der Waals surface area contributed by atoms with E-state index in [4.69, 9.17) is 16.3 Å². The predicted molar refractivity (Wildman–Crippen MR) is 81.6 cm³/mol. The molecule has 122 valence electrons. The number of anilines is 1. The highest BCUT2D eigenvalue weighted by molar-refractivity contribution is 6.32. The molecule has 0 radical (unpaired) electrons. The fourth-order valence-corrected chi connectivity index (χ4v) is 1.95. The summed E-state index contributed by atoms with van der Waals surface area (Å²) < 4.78 is 42.8. The molecule has 0 unspecified atom stereocenters. The van der Waals surface area contributed by atoms with Crippen molar-refractivity contribution in [1.82, 2.24) is 0 Å². The second-order valence-electron chi connectivity index (χ2n) is 4.75. The molecular weight excluding hydrogens is 331 g/mol. The minimum atomic E-state index is -4.41. The first-order chi connectivity index (χ1) is 10.8. The number of hydrogen-bond donors (Lipinski definition) is 1. The van der Waals surface area contributed by atoms with E-state index in [0.717, 1.165) is 12.1 Å². The lowest BCUT2D eigenvalue weighted by atomic mass is 10.2. The van der Waals surface area contributed by atoms with Crippen LogP contribution < -0.4 is 10.1 Å². The smallest absolute Gasteiger partial charge is 0.416 e. The summed E-state index contributed by atoms with van der Waals surface area (Å²) in [5, 5.41) is 2.85. The second kappa shape index (κ2) is 6.91. The molecule has 3 nitrogen and oxygen atoms in total. The van der Waals surface area contributed by atoms with Crippen LogP contribution in [0.4, 0.5) is 18.9 Å². The third kappa shape index (κ3) is 4.63. The lowest BCUT2D eigenvalue weighted by molar-refractivity contribution is -0.137. The van der Waals surface area contributed by atoms with Crippen molar-refractivity contribution in [3.05, 3.63) is 59.1 Å². The van der Waals surface area contributed by atoms with E-state index in [1.54, 1.807) is 24.3 Å². The summed E-state index contributed by atoms with van der Waals surface area (Å²) >= 11 is 5.93. The topological polar surface area (TPSA) is 38.3 Å². The van der Waals surface area contributed by atoms with Crippen LogP contribution >= 0.6 is 11.6 Å². The Morgan fingerprint density at radius 3 is 2.30 bits per heavy atom. The zero-order chi connectivity index (χ0) is 17.0. The maximum absolute atomic E-state index is 12.5. The van der Waals surface area contributed by atoms with Crippen molar-refractivity contribution in [2.75, 3.05) is 5.32 Å². The van der Waals surface area contributed by atoms with Gasteiger partial charge in [-0.05, 0) is 43.3 Å². The van der Waals surface area contributed by atoms with Gasteiger partial charge in [0, 0.05) is 5.69 Å². The van der Waals surface area contributed by atoms with Gasteiger partial charge in [-0.3, -0.25) is 4.79 Å². The molecule has 1 atom stereocenters. The van der Waals surface area contributed by atoms with E-state index in [1.165, 1.54) is 19.1 Å². The van der Waals surface area contributed by atoms with Gasteiger partial charge in [0.05, 0.1) is 10.6 Å². The van der Waals surface area contributed by atoms with Gasteiger partial charge in [0.25, 0.3) is 5.91 Å². The van der Waals surface area contributed by atoms with Gasteiger partial charge >= 0.3 is 6.18 Å². The fraction of sp³-hybridized carbons (Fsp3) is 0.188. The Kier molecular flexibility index (Phi) is 5.15. The Morgan fingerprint density at radius 2 is 1.74 bits per heavy atom. The molecule has 2 aromatic rings. The minimum absolute atomic E-state index is 0.248. The van der Waals surface area contributed by atoms with E-state index in [0.29, 0.717) is 10.8 Å². The average molecular weight is 344 g/mol. The van der Waals surface area contributed by atoms with Gasteiger partial charge in [-0.25, -0.2) is 0 Å². The molecule has 0 saturated heterocycles. The molecule has 0 spiro atoms. The van der Waals surface area contributed by atoms with Gasteiger partial charge < -0.3 is 10.1 Å². The number of nitrogens with one attached hydrogen (secondary N) is 1. The molecule has 0 aromatic heterocycles. The van der Waals surface area contributed by atoms with Crippen molar-refractivity contribution in [2.45, 2.75) is 19.2 Å². The summed E-state index contributed by atoms with van der Waals surface area (Å²) in [5.74, 6) is -0.145. The number of ether oxygens (including phenoxy) is 1. The van der Waals surface area contributed by atoms with Crippen molar-refractivity contribution in [3.8, 4) is 5.75 Å². The van der Waals surface area contributed by atoms with Crippen molar-refractivity contribution < 1.29 is 22.7 Å². The van der Waals surface area contributed by atoms with E-state index >= 15 is 0 Å². The number of rotatable bonds is 4. The van der Waals surface area contributed by atoms with Crippen molar-refractivity contribution in [1.29, 1.82) is 0 Å². The summed E-state index contributed by atoms with van der Waals surface area (Å²) in [6, 6.07) is 10.8. The molecule has 2 aromatic carbocycles. The zero-order valence-corrected chi connectivity index (χ0v) is 12.8. The van der Waals surface area contributed by atoms with Crippen LogP contribution in [-0.4, -0.2) is 12.0 Å². The van der Waals surface area contributed by atoms with Crippen LogP contribution in [0.5, 0.6) is 5.75 Å². The SMILES string of the molecule is C[C@@H](Oc1ccccc1Cl)C(=O)Nc1ccc(C(F)(F)F)cc1. The molecule has 2 rings (SSSR count). The van der Waals surface area contributed by atoms with Gasteiger partial charge in [0.15, 0.2) is 6.10 Å². The number of carbonyl (C=O) groups is 1. The number of para-hydroxylation sites is 1. The van der Waals surface area contributed by atoms with Crippen LogP contribution in [0.3, 0.4) is 0 Å². The average Bonchev–Trinajstić information content (AvgIpc) is 2.49. The molecule has 0 aliphatic heterocycles. The highest BCUT2D eigenvalue weighted by Crippen LogP contribution is 2.30. The van der Waals surface area contributed by atoms with Gasteiger partial charge in [0.1, 0.15) is 5.75 Å². The van der Waals surface area contributed by atoms with Crippen molar-refractivity contribution >= 4 is 23.2 Å². The van der Waals surface area contributed by atoms with Crippen LogP contribution in [0.15, 0.2) is 48.5 Å². The summed E-state index contributed by atoms with van der Waals surface area (Å²) in [6.07, 6.45) is -5.28. The highest BCUT2D eigenvalue weighted by Gasteiger charge is 2.30. The first-order valence-corrected chi connectivity index (χ1v) is 7.04. The Labute approximate surface area is 136 Å². The van der Waals surface area contributed by atoms with E-state index in [9.17, 15) is 18.0 Å². The van der Waals surface area contributed by atoms with Crippen LogP contribution in [0, 0.1) is 0 Å². The van der Waals surface area contributed by atoms with Gasteiger partial charge in [-0.1, -0.05) is 23.7 Å². The maximum Gasteiger partial charge on any atom is 0.416 e. The Bertz CT molecular complexity index is 686. The molecule has 7 heteroatoms. The van der Waals surface area contributed by atoms with Crippen LogP contribution in [-0.2, 0) is 11.0 Å². The molecule has 23 heavy (non-hydrogen) atoms. The van der Waals surface area contributed by atoms with Crippen LogP contribution in [0.25, 0.3) is 0 Å². The molecule has 0 fully saturated rings. The van der Waals surface area contributed by atoms with Crippen molar-refractivity contribution in [2.24, 2.45) is 0 Å². The second-order valence-corrected chi connectivity index (χ2v) is 5.16. The molecule has 1 amide bonds. The Morgan fingerprint density at radius 1 is 1.13 bits per heavy atom. The summed E-state index contributed by atoms with van der Waals surface area (Å²) in [6.45, 7) is 1.52. The molecule has 1 N–H and O–H groups in total. The van der Waals surface area contributed by atoms with Crippen LogP contribution in [0.2, 0.25) is 5.02 Å². The molecule has 0 saturated carbocycles. The first kappa shape index (κ1) is 17.1. The number of amides is 1. The standard InChI is InChI=1S/C16H13ClF3NO2/c1-10(23-14-5-3-2-4-13(14)17)15(22)21-12-8-6-11(7-9-12)16(18,19)20/h2-10H,1H3,(H,21,22)/t10-/m1/s1. The normalized spacial score (nSPS) is 12.6. The Hall–Kier alpha value is -2.21. The number of halogens is 4. The number of hydrogen-bond acceptors (Lipinski definition) is 2. The largest absolute Gasteiger partial charge is 0.479 e. The summed E-state index contributed by atoms with van der Waals surface area (Å²) in [4.78, 5) is 12.0. The quantitative estimate of drug-likeness (QED) is 0.868. The summed E-state index contributed by atoms with van der Waals surface area (Å²) in [5.41, 5.74) is -0.534. The Balaban J connectivity index is 2.00. The predicted octanol–water partition coefficient (Wildman–Crippen LogP) is 4.76. The van der Waals surface area contributed by atoms with Gasteiger partial charge in [0.2, 0.25) is 0 Å². The minimum Gasteiger partial charge on any atom is -0.479 e. The maximum atomic E-state index is 12.5. The van der Waals surface area contributed by atoms with Crippen molar-refractivity contribution in [3.63, 3.8) is 0 Å². The van der Waals surface area contributed by atoms with E-state index in [1.807, 2.05) is 0 Å². The third-order valence-electron chi connectivity index (χ3n) is 2.99. The number of alkyl halides is 3. The van der Waals surface area contributed by atoms with E-state index in [2.05, 4.69) is 5.32 Å². The number of benzene rings is 2. The fourth-order valence-electron chi connectivity index (χ4n) is 1.77. The molecule has 0 aliphatic rings. The highest BCUT2D eigenvalue weighted by atomic mass is 35.5. The molecule has 0 bridgehead atoms. The lowest BCUT2D eigenvalue weighted by Crippen LogP contribution is -2.30. The molecule has 0 aliphatic carbocycles. The number of carbonyl (C=O) groups excluding carboxylic acids is 1. The van der Waals surface area contributed by atoms with Crippen LogP contribution in [0.1, 0.15) is 12.5 Å². The molecule has 0 heterocycles. The summed E-state index contributed by atoms with van der Waals surface area (Å²) in [7, 11) is 0. The van der Waals surface area contributed by atoms with Gasteiger partial charge in [-0.2, -0.15) is 13.2 Å². The van der Waals surface area contributed by atoms with Gasteiger partial charge in [-0.15, -0.1) is 0 Å². The van der Waals surface area contributed by atoms with E-state index < -0.39 is 23.8 Å². The zero-order valence-electron chi connectivity index (χ0n) is 12.0.